The molecule has 2 N–H and O–H groups in total. The largest absolute Gasteiger partial charge is 0.456 e. The quantitative estimate of drug-likeness (QED) is 0.715. The number of hydrogen-bond donors (Lipinski definition) is 1. The Bertz CT molecular complexity index is 590. The van der Waals surface area contributed by atoms with Crippen LogP contribution in [0, 0.1) is 0 Å². The van der Waals surface area contributed by atoms with Gasteiger partial charge in [-0.3, -0.25) is 0 Å². The molecule has 0 amide bonds. The molecule has 0 aliphatic carbocycles. The lowest BCUT2D eigenvalue weighted by Crippen LogP contribution is -2.01. The van der Waals surface area contributed by atoms with Crippen molar-refractivity contribution < 1.29 is 4.74 Å². The summed E-state index contributed by atoms with van der Waals surface area (Å²) in [6.45, 7) is 0.459. The first-order chi connectivity index (χ1) is 9.15. The molecule has 0 aliphatic rings. The maximum atomic E-state index is 5.97. The average molecular weight is 403 g/mol. The van der Waals surface area contributed by atoms with Crippen LogP contribution in [-0.2, 0) is 6.54 Å². The molecule has 0 spiro atoms. The Kier molecular flexibility index (Phi) is 5.33. The van der Waals surface area contributed by atoms with Crippen molar-refractivity contribution in [2.75, 3.05) is 6.26 Å². The smallest absolute Gasteiger partial charge is 0.141 e. The van der Waals surface area contributed by atoms with Crippen molar-refractivity contribution in [3.63, 3.8) is 0 Å². The molecule has 2 rings (SSSR count). The molecule has 5 heteroatoms. The van der Waals surface area contributed by atoms with Gasteiger partial charge in [0, 0.05) is 21.5 Å². The molecule has 0 fully saturated rings. The number of rotatable bonds is 4. The Morgan fingerprint density at radius 2 is 1.95 bits per heavy atom. The summed E-state index contributed by atoms with van der Waals surface area (Å²) in [7, 11) is 0. The molecule has 19 heavy (non-hydrogen) atoms. The van der Waals surface area contributed by atoms with Crippen LogP contribution in [0.1, 0.15) is 5.56 Å². The second-order valence-electron chi connectivity index (χ2n) is 3.82. The lowest BCUT2D eigenvalue weighted by atomic mass is 10.2. The van der Waals surface area contributed by atoms with E-state index in [1.165, 1.54) is 0 Å². The van der Waals surface area contributed by atoms with E-state index < -0.39 is 0 Å². The highest BCUT2D eigenvalue weighted by Crippen LogP contribution is 2.35. The first kappa shape index (κ1) is 14.9. The Labute approximate surface area is 134 Å². The maximum absolute atomic E-state index is 5.97. The Hall–Kier alpha value is -0.490. The third-order valence-electron chi connectivity index (χ3n) is 2.63. The van der Waals surface area contributed by atoms with Crippen LogP contribution in [0.2, 0.25) is 0 Å². The van der Waals surface area contributed by atoms with E-state index >= 15 is 0 Å². The fraction of sp³-hybridized carbons (Fsp3) is 0.143. The van der Waals surface area contributed by atoms with Crippen molar-refractivity contribution in [1.29, 1.82) is 0 Å². The summed E-state index contributed by atoms with van der Waals surface area (Å²) in [6, 6.07) is 11.8. The van der Waals surface area contributed by atoms with E-state index in [2.05, 4.69) is 37.9 Å². The van der Waals surface area contributed by atoms with Crippen molar-refractivity contribution in [1.82, 2.24) is 0 Å². The SMILES string of the molecule is CSc1cccc(Oc2ccc(Br)cc2Br)c1CN. The normalized spacial score (nSPS) is 10.5. The minimum Gasteiger partial charge on any atom is -0.456 e. The van der Waals surface area contributed by atoms with Gasteiger partial charge < -0.3 is 10.5 Å². The fourth-order valence-corrected chi connectivity index (χ4v) is 3.48. The maximum Gasteiger partial charge on any atom is 0.141 e. The Balaban J connectivity index is 2.37. The summed E-state index contributed by atoms with van der Waals surface area (Å²) in [5.74, 6) is 1.58. The van der Waals surface area contributed by atoms with E-state index in [0.717, 1.165) is 30.9 Å². The average Bonchev–Trinajstić information content (AvgIpc) is 2.41. The second kappa shape index (κ2) is 6.79. The number of ether oxygens (including phenoxy) is 1. The summed E-state index contributed by atoms with van der Waals surface area (Å²) in [4.78, 5) is 1.15. The third kappa shape index (κ3) is 3.54. The van der Waals surface area contributed by atoms with Crippen molar-refractivity contribution in [2.24, 2.45) is 5.73 Å². The molecular weight excluding hydrogens is 390 g/mol. The highest BCUT2D eigenvalue weighted by Gasteiger charge is 2.10. The van der Waals surface area contributed by atoms with Crippen LogP contribution >= 0.6 is 43.6 Å². The van der Waals surface area contributed by atoms with E-state index in [0.29, 0.717) is 6.54 Å². The van der Waals surface area contributed by atoms with Crippen LogP contribution in [0.15, 0.2) is 50.2 Å². The first-order valence-corrected chi connectivity index (χ1v) is 8.45. The number of thioether (sulfide) groups is 1. The number of halogens is 2. The van der Waals surface area contributed by atoms with E-state index in [-0.39, 0.29) is 0 Å². The predicted octanol–water partition coefficient (Wildman–Crippen LogP) is 5.18. The van der Waals surface area contributed by atoms with Gasteiger partial charge in [-0.15, -0.1) is 11.8 Å². The minimum atomic E-state index is 0.459. The van der Waals surface area contributed by atoms with E-state index in [4.69, 9.17) is 10.5 Å². The molecular formula is C14H13Br2NOS. The van der Waals surface area contributed by atoms with Gasteiger partial charge >= 0.3 is 0 Å². The van der Waals surface area contributed by atoms with Crippen molar-refractivity contribution in [3.05, 3.63) is 50.9 Å². The van der Waals surface area contributed by atoms with Crippen LogP contribution in [0.25, 0.3) is 0 Å². The van der Waals surface area contributed by atoms with Crippen LogP contribution in [0.5, 0.6) is 11.5 Å². The zero-order chi connectivity index (χ0) is 13.8. The van der Waals surface area contributed by atoms with E-state index in [9.17, 15) is 0 Å². The zero-order valence-electron chi connectivity index (χ0n) is 10.3. The second-order valence-corrected chi connectivity index (χ2v) is 6.44. The molecule has 0 saturated heterocycles. The van der Waals surface area contributed by atoms with Crippen molar-refractivity contribution in [3.8, 4) is 11.5 Å². The van der Waals surface area contributed by atoms with Crippen LogP contribution in [0.3, 0.4) is 0 Å². The molecule has 2 nitrogen and oxygen atoms in total. The van der Waals surface area contributed by atoms with Crippen molar-refractivity contribution >= 4 is 43.6 Å². The molecule has 0 saturated carbocycles. The molecule has 100 valence electrons. The third-order valence-corrected chi connectivity index (χ3v) is 4.56. The van der Waals surface area contributed by atoms with Gasteiger partial charge in [0.15, 0.2) is 0 Å². The summed E-state index contributed by atoms with van der Waals surface area (Å²) in [5, 5.41) is 0. The van der Waals surface area contributed by atoms with Gasteiger partial charge in [-0.05, 0) is 52.5 Å². The van der Waals surface area contributed by atoms with Gasteiger partial charge in [-0.25, -0.2) is 0 Å². The van der Waals surface area contributed by atoms with Gasteiger partial charge in [0.25, 0.3) is 0 Å². The van der Waals surface area contributed by atoms with Crippen LogP contribution < -0.4 is 10.5 Å². The monoisotopic (exact) mass is 401 g/mol. The molecule has 0 radical (unpaired) electrons. The fourth-order valence-electron chi connectivity index (χ4n) is 1.71. The number of benzene rings is 2. The lowest BCUT2D eigenvalue weighted by Gasteiger charge is -2.14. The molecule has 2 aromatic rings. The van der Waals surface area contributed by atoms with Crippen LogP contribution in [-0.4, -0.2) is 6.26 Å². The van der Waals surface area contributed by atoms with Gasteiger partial charge in [-0.2, -0.15) is 0 Å². The van der Waals surface area contributed by atoms with Gasteiger partial charge in [0.2, 0.25) is 0 Å². The highest BCUT2D eigenvalue weighted by atomic mass is 79.9. The standard InChI is InChI=1S/C14H13Br2NOS/c1-19-14-4-2-3-12(10(14)8-17)18-13-6-5-9(15)7-11(13)16/h2-7H,8,17H2,1H3. The zero-order valence-corrected chi connectivity index (χ0v) is 14.3. The van der Waals surface area contributed by atoms with Gasteiger partial charge in [0.05, 0.1) is 4.47 Å². The highest BCUT2D eigenvalue weighted by molar-refractivity contribution is 9.11. The summed E-state index contributed by atoms with van der Waals surface area (Å²) >= 11 is 8.59. The minimum absolute atomic E-state index is 0.459. The van der Waals surface area contributed by atoms with E-state index in [1.807, 2.05) is 36.6 Å². The van der Waals surface area contributed by atoms with Gasteiger partial charge in [0.1, 0.15) is 11.5 Å². The molecule has 0 atom stereocenters. The lowest BCUT2D eigenvalue weighted by molar-refractivity contribution is 0.471. The first-order valence-electron chi connectivity index (χ1n) is 5.64. The van der Waals surface area contributed by atoms with Crippen LogP contribution in [0.4, 0.5) is 0 Å². The van der Waals surface area contributed by atoms with Gasteiger partial charge in [-0.1, -0.05) is 22.0 Å². The molecule has 2 aromatic carbocycles. The number of nitrogens with two attached hydrogens (primary N) is 1. The molecule has 0 unspecified atom stereocenters. The summed E-state index contributed by atoms with van der Waals surface area (Å²) in [6.07, 6.45) is 2.04. The summed E-state index contributed by atoms with van der Waals surface area (Å²) in [5.41, 5.74) is 6.86. The Morgan fingerprint density at radius 3 is 2.58 bits per heavy atom. The molecule has 0 bridgehead atoms. The molecule has 0 aromatic heterocycles. The molecule has 0 aliphatic heterocycles. The summed E-state index contributed by atoms with van der Waals surface area (Å²) < 4.78 is 7.87. The number of hydrogen-bond acceptors (Lipinski definition) is 3. The predicted molar refractivity (Wildman–Crippen MR) is 88.0 cm³/mol. The Morgan fingerprint density at radius 1 is 1.16 bits per heavy atom. The topological polar surface area (TPSA) is 35.2 Å². The molecule has 0 heterocycles. The van der Waals surface area contributed by atoms with Crippen molar-refractivity contribution in [2.45, 2.75) is 11.4 Å². The van der Waals surface area contributed by atoms with E-state index in [1.54, 1.807) is 11.8 Å².